The van der Waals surface area contributed by atoms with E-state index in [1.807, 2.05) is 24.3 Å². The quantitative estimate of drug-likeness (QED) is 0.680. The van der Waals surface area contributed by atoms with Crippen molar-refractivity contribution in [2.75, 3.05) is 6.38 Å². The minimum absolute atomic E-state index is 0.581. The molecule has 0 aromatic heterocycles. The summed E-state index contributed by atoms with van der Waals surface area (Å²) in [4.78, 5) is 0. The summed E-state index contributed by atoms with van der Waals surface area (Å²) in [6.45, 7) is 0.581. The van der Waals surface area contributed by atoms with Crippen molar-refractivity contribution in [3.8, 4) is 0 Å². The van der Waals surface area contributed by atoms with Gasteiger partial charge < -0.3 is 5.73 Å². The van der Waals surface area contributed by atoms with Crippen LogP contribution in [0.3, 0.4) is 0 Å². The molecular formula is C8H11Cl2N. The number of halogens is 2. The molecule has 0 aliphatic carbocycles. The van der Waals surface area contributed by atoms with Crippen LogP contribution in [0.1, 0.15) is 5.56 Å². The molecule has 0 atom stereocenters. The van der Waals surface area contributed by atoms with E-state index in [2.05, 4.69) is 11.6 Å². The Bertz CT molecular complexity index is 184. The number of hydrogen-bond donors (Lipinski definition) is 1. The van der Waals surface area contributed by atoms with Crippen LogP contribution in [0.5, 0.6) is 0 Å². The van der Waals surface area contributed by atoms with Gasteiger partial charge in [-0.05, 0) is 17.7 Å². The molecular weight excluding hydrogens is 181 g/mol. The van der Waals surface area contributed by atoms with Crippen molar-refractivity contribution >= 4 is 23.2 Å². The SMILES string of the molecule is CCl.NCc1ccc(Cl)cc1. The molecule has 0 heterocycles. The first-order valence-corrected chi connectivity index (χ1v) is 4.28. The van der Waals surface area contributed by atoms with E-state index >= 15 is 0 Å². The molecule has 3 heteroatoms. The third kappa shape index (κ3) is 4.25. The molecule has 11 heavy (non-hydrogen) atoms. The largest absolute Gasteiger partial charge is 0.326 e. The Morgan fingerprint density at radius 2 is 1.64 bits per heavy atom. The van der Waals surface area contributed by atoms with Gasteiger partial charge in [-0.3, -0.25) is 0 Å². The van der Waals surface area contributed by atoms with Crippen molar-refractivity contribution < 1.29 is 0 Å². The zero-order chi connectivity index (χ0) is 8.69. The predicted octanol–water partition coefficient (Wildman–Crippen LogP) is 2.65. The Labute approximate surface area is 77.1 Å². The van der Waals surface area contributed by atoms with Crippen LogP contribution in [0.15, 0.2) is 24.3 Å². The van der Waals surface area contributed by atoms with Crippen LogP contribution < -0.4 is 5.73 Å². The second-order valence-electron chi connectivity index (χ2n) is 1.83. The summed E-state index contributed by atoms with van der Waals surface area (Å²) in [5.74, 6) is 0. The molecule has 0 aliphatic rings. The van der Waals surface area contributed by atoms with Crippen molar-refractivity contribution in [2.45, 2.75) is 6.54 Å². The van der Waals surface area contributed by atoms with Crippen molar-refractivity contribution in [1.29, 1.82) is 0 Å². The van der Waals surface area contributed by atoms with Gasteiger partial charge in [0.05, 0.1) is 0 Å². The van der Waals surface area contributed by atoms with Gasteiger partial charge >= 0.3 is 0 Å². The molecule has 0 spiro atoms. The maximum atomic E-state index is 5.63. The van der Waals surface area contributed by atoms with Crippen LogP contribution in [-0.2, 0) is 6.54 Å². The van der Waals surface area contributed by atoms with Crippen molar-refractivity contribution in [3.63, 3.8) is 0 Å². The van der Waals surface area contributed by atoms with E-state index in [-0.39, 0.29) is 0 Å². The Kier molecular flexibility index (Phi) is 6.33. The van der Waals surface area contributed by atoms with Gasteiger partial charge in [-0.15, -0.1) is 11.6 Å². The minimum atomic E-state index is 0.581. The predicted molar refractivity (Wildman–Crippen MR) is 51.1 cm³/mol. The summed E-state index contributed by atoms with van der Waals surface area (Å²) >= 11 is 10.3. The summed E-state index contributed by atoms with van der Waals surface area (Å²) in [6, 6.07) is 7.51. The Hall–Kier alpha value is -0.240. The molecule has 2 N–H and O–H groups in total. The van der Waals surface area contributed by atoms with Crippen LogP contribution in [0, 0.1) is 0 Å². The average Bonchev–Trinajstić information content (AvgIpc) is 2.10. The van der Waals surface area contributed by atoms with Crippen LogP contribution >= 0.6 is 23.2 Å². The fourth-order valence-electron chi connectivity index (χ4n) is 0.620. The summed E-state index contributed by atoms with van der Waals surface area (Å²) in [7, 11) is 0. The first-order valence-electron chi connectivity index (χ1n) is 3.15. The number of nitrogens with two attached hydrogens (primary N) is 1. The normalized spacial score (nSPS) is 8.36. The average molecular weight is 192 g/mol. The highest BCUT2D eigenvalue weighted by Gasteiger charge is 1.86. The number of alkyl halides is 1. The molecule has 0 saturated carbocycles. The number of benzene rings is 1. The lowest BCUT2D eigenvalue weighted by Crippen LogP contribution is -1.94. The molecule has 0 radical (unpaired) electrons. The topological polar surface area (TPSA) is 26.0 Å². The zero-order valence-corrected chi connectivity index (χ0v) is 7.86. The van der Waals surface area contributed by atoms with Crippen LogP contribution in [-0.4, -0.2) is 6.38 Å². The van der Waals surface area contributed by atoms with Crippen molar-refractivity contribution in [1.82, 2.24) is 0 Å². The fraction of sp³-hybridized carbons (Fsp3) is 0.250. The van der Waals surface area contributed by atoms with Crippen LogP contribution in [0.4, 0.5) is 0 Å². The van der Waals surface area contributed by atoms with Crippen LogP contribution in [0.2, 0.25) is 5.02 Å². The number of rotatable bonds is 1. The van der Waals surface area contributed by atoms with Gasteiger partial charge in [0.25, 0.3) is 0 Å². The van der Waals surface area contributed by atoms with Crippen molar-refractivity contribution in [2.24, 2.45) is 5.73 Å². The lowest BCUT2D eigenvalue weighted by atomic mass is 10.2. The van der Waals surface area contributed by atoms with Gasteiger partial charge in [0.2, 0.25) is 0 Å². The van der Waals surface area contributed by atoms with Gasteiger partial charge in [-0.1, -0.05) is 23.7 Å². The molecule has 1 nitrogen and oxygen atoms in total. The molecule has 0 unspecified atom stereocenters. The second kappa shape index (κ2) is 6.47. The molecule has 0 bridgehead atoms. The Balaban J connectivity index is 0.000000461. The summed E-state index contributed by atoms with van der Waals surface area (Å²) in [6.07, 6.45) is 1.47. The highest BCUT2D eigenvalue weighted by molar-refractivity contribution is 6.30. The molecule has 0 aliphatic heterocycles. The molecule has 0 fully saturated rings. The monoisotopic (exact) mass is 191 g/mol. The second-order valence-corrected chi connectivity index (χ2v) is 2.27. The van der Waals surface area contributed by atoms with Crippen molar-refractivity contribution in [3.05, 3.63) is 34.9 Å². The van der Waals surface area contributed by atoms with Gasteiger partial charge in [0.1, 0.15) is 0 Å². The Morgan fingerprint density at radius 1 is 1.18 bits per heavy atom. The zero-order valence-electron chi connectivity index (χ0n) is 6.35. The minimum Gasteiger partial charge on any atom is -0.326 e. The van der Waals surface area contributed by atoms with Gasteiger partial charge in [0.15, 0.2) is 0 Å². The van der Waals surface area contributed by atoms with Gasteiger partial charge in [-0.25, -0.2) is 0 Å². The fourth-order valence-corrected chi connectivity index (χ4v) is 0.746. The van der Waals surface area contributed by atoms with E-state index in [0.717, 1.165) is 10.6 Å². The third-order valence-corrected chi connectivity index (χ3v) is 1.40. The van der Waals surface area contributed by atoms with Gasteiger partial charge in [0, 0.05) is 18.0 Å². The highest BCUT2D eigenvalue weighted by Crippen LogP contribution is 2.08. The van der Waals surface area contributed by atoms with E-state index in [9.17, 15) is 0 Å². The molecule has 1 rings (SSSR count). The molecule has 1 aromatic carbocycles. The highest BCUT2D eigenvalue weighted by atomic mass is 35.5. The van der Waals surface area contributed by atoms with E-state index in [1.165, 1.54) is 6.38 Å². The maximum Gasteiger partial charge on any atom is 0.0406 e. The lowest BCUT2D eigenvalue weighted by molar-refractivity contribution is 1.07. The molecule has 1 aromatic rings. The smallest absolute Gasteiger partial charge is 0.0406 e. The van der Waals surface area contributed by atoms with E-state index in [0.29, 0.717) is 6.54 Å². The third-order valence-electron chi connectivity index (χ3n) is 1.15. The van der Waals surface area contributed by atoms with Crippen LogP contribution in [0.25, 0.3) is 0 Å². The first-order chi connectivity index (χ1) is 5.33. The Morgan fingerprint density at radius 3 is 2.00 bits per heavy atom. The summed E-state index contributed by atoms with van der Waals surface area (Å²) < 4.78 is 0. The lowest BCUT2D eigenvalue weighted by Gasteiger charge is -1.93. The van der Waals surface area contributed by atoms with E-state index < -0.39 is 0 Å². The summed E-state index contributed by atoms with van der Waals surface area (Å²) in [5, 5.41) is 0.757. The maximum absolute atomic E-state index is 5.63. The molecule has 62 valence electrons. The van der Waals surface area contributed by atoms with E-state index in [4.69, 9.17) is 17.3 Å². The first kappa shape index (κ1) is 10.8. The van der Waals surface area contributed by atoms with Gasteiger partial charge in [-0.2, -0.15) is 0 Å². The van der Waals surface area contributed by atoms with E-state index in [1.54, 1.807) is 0 Å². The number of hydrogen-bond acceptors (Lipinski definition) is 1. The standard InChI is InChI=1S/C7H8ClN.CH3Cl/c8-7-3-1-6(5-9)2-4-7;1-2/h1-4H,5,9H2;1H3. The summed E-state index contributed by atoms with van der Waals surface area (Å²) in [5.41, 5.74) is 6.47. The molecule has 0 saturated heterocycles. The molecule has 0 amide bonds.